The van der Waals surface area contributed by atoms with Crippen LogP contribution in [0.25, 0.3) is 0 Å². The minimum absolute atomic E-state index is 0.281. The van der Waals surface area contributed by atoms with Gasteiger partial charge in [-0.25, -0.2) is 0 Å². The summed E-state index contributed by atoms with van der Waals surface area (Å²) in [6, 6.07) is 6.89. The van der Waals surface area contributed by atoms with Crippen molar-refractivity contribution in [2.24, 2.45) is 5.92 Å². The third kappa shape index (κ3) is 5.06. The van der Waals surface area contributed by atoms with Gasteiger partial charge in [-0.05, 0) is 43.0 Å². The van der Waals surface area contributed by atoms with Crippen LogP contribution >= 0.6 is 0 Å². The lowest BCUT2D eigenvalue weighted by atomic mass is 10.0. The van der Waals surface area contributed by atoms with E-state index in [1.807, 2.05) is 0 Å². The Hall–Kier alpha value is -1.18. The number of benzene rings is 1. The summed E-state index contributed by atoms with van der Waals surface area (Å²) in [5, 5.41) is 9.10. The van der Waals surface area contributed by atoms with E-state index in [2.05, 4.69) is 13.8 Å². The first-order chi connectivity index (χ1) is 7.72. The van der Waals surface area contributed by atoms with E-state index in [4.69, 9.17) is 9.84 Å². The van der Waals surface area contributed by atoms with Crippen LogP contribution in [0.5, 0.6) is 11.5 Å². The van der Waals surface area contributed by atoms with E-state index in [1.54, 1.807) is 24.3 Å². The molecule has 0 aliphatic heterocycles. The number of phenols is 1. The Balaban J connectivity index is 2.13. The minimum Gasteiger partial charge on any atom is -0.508 e. The van der Waals surface area contributed by atoms with E-state index in [0.29, 0.717) is 0 Å². The summed E-state index contributed by atoms with van der Waals surface area (Å²) in [6.45, 7) is 5.28. The molecule has 0 spiro atoms. The summed E-state index contributed by atoms with van der Waals surface area (Å²) in [4.78, 5) is 0. The van der Waals surface area contributed by atoms with Crippen LogP contribution in [-0.2, 0) is 0 Å². The van der Waals surface area contributed by atoms with Crippen LogP contribution in [0.1, 0.15) is 39.5 Å². The molecule has 0 heterocycles. The summed E-state index contributed by atoms with van der Waals surface area (Å²) in [5.41, 5.74) is 0. The van der Waals surface area contributed by atoms with Gasteiger partial charge in [-0.1, -0.05) is 26.7 Å². The van der Waals surface area contributed by atoms with Crippen LogP contribution in [0.15, 0.2) is 24.3 Å². The lowest BCUT2D eigenvalue weighted by Crippen LogP contribution is -2.01. The molecule has 0 bridgehead atoms. The van der Waals surface area contributed by atoms with E-state index in [9.17, 15) is 0 Å². The normalized spacial score (nSPS) is 12.4. The Kier molecular flexibility index (Phi) is 5.76. The predicted octanol–water partition coefficient (Wildman–Crippen LogP) is 3.99. The van der Waals surface area contributed by atoms with Crippen molar-refractivity contribution in [3.05, 3.63) is 24.3 Å². The molecule has 0 aliphatic carbocycles. The van der Waals surface area contributed by atoms with Crippen molar-refractivity contribution in [1.29, 1.82) is 0 Å². The van der Waals surface area contributed by atoms with Crippen LogP contribution in [0.3, 0.4) is 0 Å². The summed E-state index contributed by atoms with van der Waals surface area (Å²) in [7, 11) is 0. The first kappa shape index (κ1) is 12.9. The Labute approximate surface area is 98.3 Å². The van der Waals surface area contributed by atoms with Crippen LogP contribution in [0, 0.1) is 5.92 Å². The fourth-order valence-corrected chi connectivity index (χ4v) is 1.80. The van der Waals surface area contributed by atoms with Gasteiger partial charge in [0, 0.05) is 0 Å². The Morgan fingerprint density at radius 1 is 1.19 bits per heavy atom. The molecule has 0 saturated carbocycles. The van der Waals surface area contributed by atoms with Gasteiger partial charge in [-0.2, -0.15) is 0 Å². The van der Waals surface area contributed by atoms with Gasteiger partial charge < -0.3 is 9.84 Å². The number of aromatic hydroxyl groups is 1. The molecule has 1 unspecified atom stereocenters. The highest BCUT2D eigenvalue weighted by Crippen LogP contribution is 2.17. The third-order valence-electron chi connectivity index (χ3n) is 2.73. The average Bonchev–Trinajstić information content (AvgIpc) is 2.27. The summed E-state index contributed by atoms with van der Waals surface area (Å²) in [6.07, 6.45) is 4.90. The van der Waals surface area contributed by atoms with Crippen molar-refractivity contribution < 1.29 is 9.84 Å². The smallest absolute Gasteiger partial charge is 0.119 e. The maximum Gasteiger partial charge on any atom is 0.119 e. The van der Waals surface area contributed by atoms with Gasteiger partial charge in [-0.3, -0.25) is 0 Å². The standard InChI is InChI=1S/C14H22O2/c1-3-5-12(2)6-4-11-16-14-9-7-13(15)8-10-14/h7-10,12,15H,3-6,11H2,1-2H3. The van der Waals surface area contributed by atoms with E-state index in [-0.39, 0.29) is 5.75 Å². The summed E-state index contributed by atoms with van der Waals surface area (Å²) in [5.74, 6) is 1.92. The molecule has 90 valence electrons. The number of rotatable bonds is 7. The lowest BCUT2D eigenvalue weighted by Gasteiger charge is -2.10. The van der Waals surface area contributed by atoms with Gasteiger partial charge in [0.05, 0.1) is 6.61 Å². The maximum atomic E-state index is 9.10. The Bertz CT molecular complexity index is 279. The van der Waals surface area contributed by atoms with Gasteiger partial charge in [0.15, 0.2) is 0 Å². The van der Waals surface area contributed by atoms with Gasteiger partial charge in [0.25, 0.3) is 0 Å². The van der Waals surface area contributed by atoms with Crippen molar-refractivity contribution in [1.82, 2.24) is 0 Å². The molecule has 16 heavy (non-hydrogen) atoms. The summed E-state index contributed by atoms with van der Waals surface area (Å²) >= 11 is 0. The average molecular weight is 222 g/mol. The SMILES string of the molecule is CCCC(C)CCCOc1ccc(O)cc1. The molecule has 1 rings (SSSR count). The molecule has 0 amide bonds. The number of ether oxygens (including phenoxy) is 1. The number of hydrogen-bond donors (Lipinski definition) is 1. The van der Waals surface area contributed by atoms with Crippen LogP contribution < -0.4 is 4.74 Å². The highest BCUT2D eigenvalue weighted by molar-refractivity contribution is 5.29. The van der Waals surface area contributed by atoms with E-state index in [0.717, 1.165) is 24.7 Å². The second-order valence-corrected chi connectivity index (χ2v) is 4.38. The van der Waals surface area contributed by atoms with Crippen molar-refractivity contribution in [2.75, 3.05) is 6.61 Å². The molecule has 1 aromatic rings. The Morgan fingerprint density at radius 3 is 2.50 bits per heavy atom. The van der Waals surface area contributed by atoms with E-state index < -0.39 is 0 Å². The molecular weight excluding hydrogens is 200 g/mol. The van der Waals surface area contributed by atoms with Crippen molar-refractivity contribution in [3.63, 3.8) is 0 Å². The molecule has 1 N–H and O–H groups in total. The molecule has 2 nitrogen and oxygen atoms in total. The molecule has 1 aromatic carbocycles. The fraction of sp³-hybridized carbons (Fsp3) is 0.571. The van der Waals surface area contributed by atoms with Gasteiger partial charge >= 0.3 is 0 Å². The zero-order chi connectivity index (χ0) is 11.8. The van der Waals surface area contributed by atoms with Crippen molar-refractivity contribution >= 4 is 0 Å². The first-order valence-electron chi connectivity index (χ1n) is 6.14. The second-order valence-electron chi connectivity index (χ2n) is 4.38. The van der Waals surface area contributed by atoms with Gasteiger partial charge in [0.2, 0.25) is 0 Å². The molecule has 2 heteroatoms. The number of phenolic OH excluding ortho intramolecular Hbond substituents is 1. The van der Waals surface area contributed by atoms with Crippen LogP contribution in [0.4, 0.5) is 0 Å². The molecular formula is C14H22O2. The predicted molar refractivity (Wildman–Crippen MR) is 66.9 cm³/mol. The third-order valence-corrected chi connectivity index (χ3v) is 2.73. The van der Waals surface area contributed by atoms with Crippen molar-refractivity contribution in [3.8, 4) is 11.5 Å². The topological polar surface area (TPSA) is 29.5 Å². The van der Waals surface area contributed by atoms with Crippen molar-refractivity contribution in [2.45, 2.75) is 39.5 Å². The molecule has 0 saturated heterocycles. The van der Waals surface area contributed by atoms with E-state index in [1.165, 1.54) is 19.3 Å². The van der Waals surface area contributed by atoms with Crippen LogP contribution in [-0.4, -0.2) is 11.7 Å². The molecule has 0 aromatic heterocycles. The number of hydrogen-bond acceptors (Lipinski definition) is 2. The molecule has 0 radical (unpaired) electrons. The fourth-order valence-electron chi connectivity index (χ4n) is 1.80. The monoisotopic (exact) mass is 222 g/mol. The van der Waals surface area contributed by atoms with Gasteiger partial charge in [-0.15, -0.1) is 0 Å². The van der Waals surface area contributed by atoms with Crippen LogP contribution in [0.2, 0.25) is 0 Å². The zero-order valence-corrected chi connectivity index (χ0v) is 10.3. The highest BCUT2D eigenvalue weighted by atomic mass is 16.5. The summed E-state index contributed by atoms with van der Waals surface area (Å²) < 4.78 is 5.58. The minimum atomic E-state index is 0.281. The zero-order valence-electron chi connectivity index (χ0n) is 10.3. The van der Waals surface area contributed by atoms with Gasteiger partial charge in [0.1, 0.15) is 11.5 Å². The first-order valence-corrected chi connectivity index (χ1v) is 6.14. The lowest BCUT2D eigenvalue weighted by molar-refractivity contribution is 0.292. The quantitative estimate of drug-likeness (QED) is 0.707. The molecule has 0 fully saturated rings. The molecule has 1 atom stereocenters. The molecule has 0 aliphatic rings. The largest absolute Gasteiger partial charge is 0.508 e. The maximum absolute atomic E-state index is 9.10. The second kappa shape index (κ2) is 7.15. The Morgan fingerprint density at radius 2 is 1.88 bits per heavy atom. The van der Waals surface area contributed by atoms with E-state index >= 15 is 0 Å². The highest BCUT2D eigenvalue weighted by Gasteiger charge is 2.00.